The van der Waals surface area contributed by atoms with Crippen molar-refractivity contribution in [2.75, 3.05) is 0 Å². The predicted molar refractivity (Wildman–Crippen MR) is 124 cm³/mol. The molecule has 0 aliphatic carbocycles. The Morgan fingerprint density at radius 2 is 0.893 bits per heavy atom. The molecule has 1 N–H and O–H groups in total. The first-order chi connectivity index (χ1) is 13.5. The van der Waals surface area contributed by atoms with Gasteiger partial charge in [-0.25, -0.2) is 0 Å². The van der Waals surface area contributed by atoms with E-state index >= 15 is 0 Å². The lowest BCUT2D eigenvalue weighted by atomic mass is 10.0. The van der Waals surface area contributed by atoms with Gasteiger partial charge in [0.1, 0.15) is 0 Å². The average molecular weight is 415 g/mol. The van der Waals surface area contributed by atoms with E-state index in [0.29, 0.717) is 6.42 Å². The number of hydrogen-bond acceptors (Lipinski definition) is 3. The second-order valence-corrected chi connectivity index (χ2v) is 12.1. The smallest absolute Gasteiger partial charge is 0.392 e. The SMILES string of the molecule is CCCCCCCCCCCCCCCCCCCCCC(=O)O[Si](C)(C)O. The fraction of sp³-hybridized carbons (Fsp3) is 0.958. The molecule has 0 aliphatic heterocycles. The van der Waals surface area contributed by atoms with Crippen LogP contribution in [0.2, 0.25) is 13.1 Å². The van der Waals surface area contributed by atoms with Crippen molar-refractivity contribution in [2.24, 2.45) is 0 Å². The van der Waals surface area contributed by atoms with Crippen LogP contribution in [0.15, 0.2) is 0 Å². The fourth-order valence-electron chi connectivity index (χ4n) is 3.68. The summed E-state index contributed by atoms with van der Waals surface area (Å²) in [6, 6.07) is 0. The zero-order valence-electron chi connectivity index (χ0n) is 19.4. The molecule has 0 spiro atoms. The molecule has 0 fully saturated rings. The Kier molecular flexibility index (Phi) is 19.7. The van der Waals surface area contributed by atoms with E-state index in [1.54, 1.807) is 13.1 Å². The fourth-order valence-corrected chi connectivity index (χ4v) is 4.34. The lowest BCUT2D eigenvalue weighted by molar-refractivity contribution is -0.136. The number of unbranched alkanes of at least 4 members (excludes halogenated alkanes) is 18. The van der Waals surface area contributed by atoms with Crippen molar-refractivity contribution in [3.05, 3.63) is 0 Å². The van der Waals surface area contributed by atoms with Gasteiger partial charge in [-0.15, -0.1) is 0 Å². The summed E-state index contributed by atoms with van der Waals surface area (Å²) in [5.74, 6) is -0.230. The highest BCUT2D eigenvalue weighted by atomic mass is 28.4. The number of rotatable bonds is 21. The minimum Gasteiger partial charge on any atom is -0.495 e. The average Bonchev–Trinajstić information content (AvgIpc) is 2.62. The summed E-state index contributed by atoms with van der Waals surface area (Å²) in [6.07, 6.45) is 26.2. The summed E-state index contributed by atoms with van der Waals surface area (Å²) in [5, 5.41) is 0. The minimum atomic E-state index is -2.68. The second-order valence-electron chi connectivity index (χ2n) is 9.03. The van der Waals surface area contributed by atoms with Crippen molar-refractivity contribution in [3.8, 4) is 0 Å². The minimum absolute atomic E-state index is 0.230. The monoisotopic (exact) mass is 414 g/mol. The molecule has 0 heterocycles. The van der Waals surface area contributed by atoms with Gasteiger partial charge in [0.15, 0.2) is 0 Å². The summed E-state index contributed by atoms with van der Waals surface area (Å²) < 4.78 is 5.03. The Balaban J connectivity index is 3.11. The number of carbonyl (C=O) groups excluding carboxylic acids is 1. The Labute approximate surface area is 177 Å². The molecule has 28 heavy (non-hydrogen) atoms. The molecule has 4 heteroatoms. The van der Waals surface area contributed by atoms with Crippen LogP contribution in [-0.2, 0) is 9.22 Å². The van der Waals surface area contributed by atoms with E-state index < -0.39 is 8.56 Å². The van der Waals surface area contributed by atoms with Gasteiger partial charge in [-0.1, -0.05) is 122 Å². The Morgan fingerprint density at radius 1 is 0.607 bits per heavy atom. The lowest BCUT2D eigenvalue weighted by Crippen LogP contribution is -2.33. The first kappa shape index (κ1) is 27.6. The molecule has 3 nitrogen and oxygen atoms in total. The van der Waals surface area contributed by atoms with Gasteiger partial charge in [-0.2, -0.15) is 0 Å². The summed E-state index contributed by atoms with van der Waals surface area (Å²) in [5.41, 5.74) is 0. The molecule has 0 rings (SSSR count). The first-order valence-corrected chi connectivity index (χ1v) is 15.3. The molecule has 0 radical (unpaired) electrons. The van der Waals surface area contributed by atoms with Crippen molar-refractivity contribution in [1.29, 1.82) is 0 Å². The third-order valence-corrected chi connectivity index (χ3v) is 6.08. The van der Waals surface area contributed by atoms with Crippen LogP contribution < -0.4 is 0 Å². The highest BCUT2D eigenvalue weighted by molar-refractivity contribution is 6.64. The van der Waals surface area contributed by atoms with Gasteiger partial charge in [-0.05, 0) is 19.5 Å². The zero-order chi connectivity index (χ0) is 20.9. The van der Waals surface area contributed by atoms with E-state index in [4.69, 9.17) is 4.43 Å². The topological polar surface area (TPSA) is 46.5 Å². The molecular weight excluding hydrogens is 364 g/mol. The van der Waals surface area contributed by atoms with Crippen LogP contribution in [0.3, 0.4) is 0 Å². The van der Waals surface area contributed by atoms with E-state index in [0.717, 1.165) is 12.8 Å². The van der Waals surface area contributed by atoms with Crippen LogP contribution in [0, 0.1) is 0 Å². The molecule has 0 aromatic carbocycles. The van der Waals surface area contributed by atoms with Crippen molar-refractivity contribution >= 4 is 14.5 Å². The Hall–Kier alpha value is -0.353. The third kappa shape index (κ3) is 23.7. The highest BCUT2D eigenvalue weighted by Crippen LogP contribution is 2.15. The Morgan fingerprint density at radius 3 is 1.18 bits per heavy atom. The van der Waals surface area contributed by atoms with Gasteiger partial charge >= 0.3 is 8.56 Å². The highest BCUT2D eigenvalue weighted by Gasteiger charge is 2.23. The maximum atomic E-state index is 11.5. The molecule has 168 valence electrons. The summed E-state index contributed by atoms with van der Waals surface area (Å²) >= 11 is 0. The summed E-state index contributed by atoms with van der Waals surface area (Å²) in [7, 11) is -2.68. The number of carbonyl (C=O) groups is 1. The van der Waals surface area contributed by atoms with E-state index in [-0.39, 0.29) is 5.97 Å². The maximum Gasteiger partial charge on any atom is 0.392 e. The molecule has 0 atom stereocenters. The molecule has 0 aromatic rings. The van der Waals surface area contributed by atoms with Gasteiger partial charge < -0.3 is 9.22 Å². The van der Waals surface area contributed by atoms with Gasteiger partial charge in [0.2, 0.25) is 0 Å². The summed E-state index contributed by atoms with van der Waals surface area (Å²) in [4.78, 5) is 21.0. The van der Waals surface area contributed by atoms with Crippen molar-refractivity contribution in [3.63, 3.8) is 0 Å². The second kappa shape index (κ2) is 19.9. The van der Waals surface area contributed by atoms with E-state index in [1.165, 1.54) is 109 Å². The lowest BCUT2D eigenvalue weighted by Gasteiger charge is -2.14. The molecule has 0 aliphatic rings. The van der Waals surface area contributed by atoms with Gasteiger partial charge in [0.05, 0.1) is 0 Å². The standard InChI is InChI=1S/C24H50O3Si/c1-4-5-6-7-8-9-10-11-12-13-14-15-16-17-18-19-20-21-22-23-24(25)27-28(2,3)26/h26H,4-23H2,1-3H3. The van der Waals surface area contributed by atoms with Crippen LogP contribution in [0.5, 0.6) is 0 Å². The van der Waals surface area contributed by atoms with Crippen molar-refractivity contribution in [1.82, 2.24) is 0 Å². The molecule has 0 saturated heterocycles. The van der Waals surface area contributed by atoms with Crippen molar-refractivity contribution < 1.29 is 14.0 Å². The molecular formula is C24H50O3Si. The van der Waals surface area contributed by atoms with E-state index in [2.05, 4.69) is 6.92 Å². The quantitative estimate of drug-likeness (QED) is 0.153. The molecule has 0 bridgehead atoms. The van der Waals surface area contributed by atoms with Crippen LogP contribution >= 0.6 is 0 Å². The molecule has 0 amide bonds. The van der Waals surface area contributed by atoms with Crippen LogP contribution in [-0.4, -0.2) is 19.3 Å². The van der Waals surface area contributed by atoms with Gasteiger partial charge in [0, 0.05) is 6.42 Å². The van der Waals surface area contributed by atoms with Gasteiger partial charge in [-0.3, -0.25) is 4.79 Å². The number of hydrogen-bond donors (Lipinski definition) is 1. The van der Waals surface area contributed by atoms with Gasteiger partial charge in [0.25, 0.3) is 5.97 Å². The first-order valence-electron chi connectivity index (χ1n) is 12.4. The predicted octanol–water partition coefficient (Wildman–Crippen LogP) is 8.05. The van der Waals surface area contributed by atoms with Crippen LogP contribution in [0.4, 0.5) is 0 Å². The molecule has 0 unspecified atom stereocenters. The third-order valence-electron chi connectivity index (χ3n) is 5.35. The van der Waals surface area contributed by atoms with Crippen molar-refractivity contribution in [2.45, 2.75) is 148 Å². The Bertz CT molecular complexity index is 339. The molecule has 0 aromatic heterocycles. The van der Waals surface area contributed by atoms with E-state index in [9.17, 15) is 9.59 Å². The zero-order valence-corrected chi connectivity index (χ0v) is 20.4. The van der Waals surface area contributed by atoms with E-state index in [1.807, 2.05) is 0 Å². The maximum absolute atomic E-state index is 11.5. The van der Waals surface area contributed by atoms with Crippen LogP contribution in [0.1, 0.15) is 135 Å². The largest absolute Gasteiger partial charge is 0.495 e. The molecule has 0 saturated carbocycles. The normalized spacial score (nSPS) is 11.7. The summed E-state index contributed by atoms with van der Waals surface area (Å²) in [6.45, 7) is 5.54. The van der Waals surface area contributed by atoms with Crippen LogP contribution in [0.25, 0.3) is 0 Å².